The number of halogens is 1. The number of nitrogens with one attached hydrogen (secondary N) is 1. The summed E-state index contributed by atoms with van der Waals surface area (Å²) in [5.41, 5.74) is 3.18. The van der Waals surface area contributed by atoms with Gasteiger partial charge in [-0.25, -0.2) is 9.07 Å². The number of rotatable bonds is 6. The molecular weight excluding hydrogens is 397 g/mol. The van der Waals surface area contributed by atoms with Crippen molar-refractivity contribution in [3.63, 3.8) is 0 Å². The van der Waals surface area contributed by atoms with Gasteiger partial charge < -0.3 is 9.84 Å². The number of hydrogen-bond donors (Lipinski definition) is 1. The summed E-state index contributed by atoms with van der Waals surface area (Å²) in [5, 5.41) is 11.8. The number of aromatic nitrogens is 4. The Hall–Kier alpha value is -3.03. The summed E-state index contributed by atoms with van der Waals surface area (Å²) in [5.74, 6) is 1.09. The van der Waals surface area contributed by atoms with Gasteiger partial charge in [0, 0.05) is 17.2 Å². The van der Waals surface area contributed by atoms with Crippen molar-refractivity contribution in [1.29, 1.82) is 0 Å². The minimum absolute atomic E-state index is 0.0754. The lowest BCUT2D eigenvalue weighted by atomic mass is 9.95. The topological polar surface area (TPSA) is 85.8 Å². The Morgan fingerprint density at radius 3 is 2.65 bits per heavy atom. The van der Waals surface area contributed by atoms with Gasteiger partial charge in [0.15, 0.2) is 11.5 Å². The van der Waals surface area contributed by atoms with Gasteiger partial charge in [-0.3, -0.25) is 4.79 Å². The Labute approximate surface area is 180 Å². The van der Waals surface area contributed by atoms with Crippen molar-refractivity contribution in [2.75, 3.05) is 0 Å². The van der Waals surface area contributed by atoms with Crippen LogP contribution in [0.25, 0.3) is 5.69 Å². The lowest BCUT2D eigenvalue weighted by Gasteiger charge is -2.18. The van der Waals surface area contributed by atoms with E-state index in [1.54, 1.807) is 16.8 Å². The Bertz CT molecular complexity index is 1100. The fraction of sp³-hybridized carbons (Fsp3) is 0.478. The smallest absolute Gasteiger partial charge is 0.272 e. The van der Waals surface area contributed by atoms with Gasteiger partial charge in [-0.15, -0.1) is 0 Å². The summed E-state index contributed by atoms with van der Waals surface area (Å²) in [6.45, 7) is 4.02. The Morgan fingerprint density at radius 2 is 1.94 bits per heavy atom. The van der Waals surface area contributed by atoms with Gasteiger partial charge in [0.25, 0.3) is 5.91 Å². The number of carbonyl (C=O) groups is 1. The number of nitrogens with zero attached hydrogens (tertiary/aromatic N) is 4. The van der Waals surface area contributed by atoms with Crippen molar-refractivity contribution in [3.8, 4) is 5.69 Å². The van der Waals surface area contributed by atoms with Crippen LogP contribution >= 0.6 is 0 Å². The van der Waals surface area contributed by atoms with Crippen molar-refractivity contribution >= 4 is 5.91 Å². The highest BCUT2D eigenvalue weighted by atomic mass is 19.1. The molecule has 1 amide bonds. The van der Waals surface area contributed by atoms with E-state index >= 15 is 0 Å². The summed E-state index contributed by atoms with van der Waals surface area (Å²) >= 11 is 0. The molecule has 2 aliphatic rings. The van der Waals surface area contributed by atoms with Gasteiger partial charge in [-0.05, 0) is 68.7 Å². The average molecular weight is 423 g/mol. The first-order valence-electron chi connectivity index (χ1n) is 11.0. The van der Waals surface area contributed by atoms with Crippen LogP contribution in [0.3, 0.4) is 0 Å². The molecule has 2 aliphatic carbocycles. The first kappa shape index (κ1) is 19.9. The van der Waals surface area contributed by atoms with Crippen molar-refractivity contribution in [3.05, 3.63) is 58.7 Å². The van der Waals surface area contributed by atoms with Crippen LogP contribution in [-0.4, -0.2) is 25.8 Å². The molecule has 8 heteroatoms. The molecule has 3 aromatic rings. The Morgan fingerprint density at radius 1 is 1.19 bits per heavy atom. The molecule has 0 radical (unpaired) electrons. The third-order valence-electron chi connectivity index (χ3n) is 6.09. The van der Waals surface area contributed by atoms with E-state index in [1.807, 2.05) is 13.8 Å². The number of fused-ring (bicyclic) bond motifs is 1. The van der Waals surface area contributed by atoms with Crippen molar-refractivity contribution < 1.29 is 13.7 Å². The van der Waals surface area contributed by atoms with Crippen molar-refractivity contribution in [2.45, 2.75) is 64.3 Å². The van der Waals surface area contributed by atoms with Crippen LogP contribution in [0.2, 0.25) is 0 Å². The largest absolute Gasteiger partial charge is 0.339 e. The molecule has 0 aliphatic heterocycles. The molecule has 2 aromatic heterocycles. The molecule has 0 saturated heterocycles. The highest BCUT2D eigenvalue weighted by molar-refractivity contribution is 5.94. The summed E-state index contributed by atoms with van der Waals surface area (Å²) in [4.78, 5) is 17.9. The fourth-order valence-corrected chi connectivity index (χ4v) is 4.18. The van der Waals surface area contributed by atoms with Crippen LogP contribution in [0.1, 0.15) is 85.0 Å². The maximum atomic E-state index is 13.4. The van der Waals surface area contributed by atoms with E-state index < -0.39 is 0 Å². The van der Waals surface area contributed by atoms with Gasteiger partial charge >= 0.3 is 0 Å². The molecule has 1 N–H and O–H groups in total. The van der Waals surface area contributed by atoms with Crippen LogP contribution in [0.5, 0.6) is 0 Å². The molecule has 0 bridgehead atoms. The first-order chi connectivity index (χ1) is 15.0. The molecule has 5 rings (SSSR count). The second-order valence-corrected chi connectivity index (χ2v) is 8.83. The molecule has 1 aromatic carbocycles. The first-order valence-corrected chi connectivity index (χ1v) is 11.0. The van der Waals surface area contributed by atoms with Crippen LogP contribution < -0.4 is 5.32 Å². The average Bonchev–Trinajstić information content (AvgIpc) is 3.37. The van der Waals surface area contributed by atoms with E-state index in [4.69, 9.17) is 4.52 Å². The van der Waals surface area contributed by atoms with Crippen LogP contribution in [0.4, 0.5) is 4.39 Å². The number of amides is 1. The monoisotopic (exact) mass is 423 g/mol. The second-order valence-electron chi connectivity index (χ2n) is 8.83. The van der Waals surface area contributed by atoms with Crippen LogP contribution in [-0.2, 0) is 12.8 Å². The maximum Gasteiger partial charge on any atom is 0.272 e. The van der Waals surface area contributed by atoms with Gasteiger partial charge in [0.1, 0.15) is 11.9 Å². The van der Waals surface area contributed by atoms with E-state index in [0.717, 1.165) is 61.3 Å². The number of benzene rings is 1. The van der Waals surface area contributed by atoms with Gasteiger partial charge in [0.2, 0.25) is 5.89 Å². The lowest BCUT2D eigenvalue weighted by molar-refractivity contribution is 0.0907. The highest BCUT2D eigenvalue weighted by Gasteiger charge is 2.33. The quantitative estimate of drug-likeness (QED) is 0.640. The van der Waals surface area contributed by atoms with Gasteiger partial charge in [0.05, 0.1) is 5.69 Å². The van der Waals surface area contributed by atoms with E-state index in [2.05, 4.69) is 20.6 Å². The standard InChI is InChI=1S/C23H26FN5O2/c1-13(2)19(23-26-21(28-31-23)14-7-8-14)25-22(30)20-17-5-3-4-6-18(17)29(27-20)16-11-9-15(24)10-12-16/h9-14,19H,3-8H2,1-2H3,(H,25,30). The SMILES string of the molecule is CC(C)C(NC(=O)c1nn(-c2ccc(F)cc2)c2c1CCCC2)c1nc(C2CC2)no1. The maximum absolute atomic E-state index is 13.4. The zero-order valence-corrected chi connectivity index (χ0v) is 17.8. The van der Waals surface area contributed by atoms with Crippen LogP contribution in [0.15, 0.2) is 28.8 Å². The van der Waals surface area contributed by atoms with E-state index in [0.29, 0.717) is 17.5 Å². The zero-order chi connectivity index (χ0) is 21.5. The summed E-state index contributed by atoms with van der Waals surface area (Å²) in [6, 6.07) is 5.81. The minimum atomic E-state index is -0.386. The molecule has 7 nitrogen and oxygen atoms in total. The third-order valence-corrected chi connectivity index (χ3v) is 6.09. The lowest BCUT2D eigenvalue weighted by Crippen LogP contribution is -2.33. The molecular formula is C23H26FN5O2. The highest BCUT2D eigenvalue weighted by Crippen LogP contribution is 2.38. The fourth-order valence-electron chi connectivity index (χ4n) is 4.18. The molecule has 0 spiro atoms. The number of hydrogen-bond acceptors (Lipinski definition) is 5. The predicted molar refractivity (Wildman–Crippen MR) is 111 cm³/mol. The summed E-state index contributed by atoms with van der Waals surface area (Å²) in [7, 11) is 0. The molecule has 1 saturated carbocycles. The van der Waals surface area contributed by atoms with Crippen molar-refractivity contribution in [2.24, 2.45) is 5.92 Å². The zero-order valence-electron chi connectivity index (χ0n) is 17.8. The second kappa shape index (κ2) is 7.90. The molecule has 1 unspecified atom stereocenters. The number of carbonyl (C=O) groups excluding carboxylic acids is 1. The minimum Gasteiger partial charge on any atom is -0.339 e. The molecule has 31 heavy (non-hydrogen) atoms. The third kappa shape index (κ3) is 3.86. The van der Waals surface area contributed by atoms with E-state index in [-0.39, 0.29) is 23.7 Å². The van der Waals surface area contributed by atoms with Crippen molar-refractivity contribution in [1.82, 2.24) is 25.2 Å². The van der Waals surface area contributed by atoms with Gasteiger partial charge in [-0.1, -0.05) is 19.0 Å². The molecule has 1 atom stereocenters. The molecule has 162 valence electrons. The predicted octanol–water partition coefficient (Wildman–Crippen LogP) is 4.28. The molecule has 1 fully saturated rings. The summed E-state index contributed by atoms with van der Waals surface area (Å²) in [6.07, 6.45) is 5.88. The Balaban J connectivity index is 1.45. The van der Waals surface area contributed by atoms with E-state index in [1.165, 1.54) is 12.1 Å². The van der Waals surface area contributed by atoms with Gasteiger partial charge in [-0.2, -0.15) is 10.1 Å². The van der Waals surface area contributed by atoms with Crippen LogP contribution in [0, 0.1) is 11.7 Å². The normalized spacial score (nSPS) is 16.9. The summed E-state index contributed by atoms with van der Waals surface area (Å²) < 4.78 is 20.7. The molecule has 2 heterocycles. The van der Waals surface area contributed by atoms with E-state index in [9.17, 15) is 9.18 Å². The Kier molecular flexibility index (Phi) is 5.08.